The fourth-order valence-corrected chi connectivity index (χ4v) is 3.15. The number of aryl methyl sites for hydroxylation is 1. The Morgan fingerprint density at radius 1 is 1.33 bits per heavy atom. The summed E-state index contributed by atoms with van der Waals surface area (Å²) in [5, 5.41) is 13.5. The molecule has 5 heteroatoms. The fraction of sp³-hybridized carbons (Fsp3) is 0.375. The van der Waals surface area contributed by atoms with Gasteiger partial charge in [0.2, 0.25) is 0 Å². The van der Waals surface area contributed by atoms with Gasteiger partial charge in [-0.05, 0) is 31.0 Å². The highest BCUT2D eigenvalue weighted by Gasteiger charge is 2.20. The molecule has 4 rings (SSSR count). The van der Waals surface area contributed by atoms with Crippen LogP contribution in [-0.2, 0) is 19.5 Å². The molecule has 0 spiro atoms. The van der Waals surface area contributed by atoms with Gasteiger partial charge in [0.05, 0.1) is 6.04 Å². The number of aromatic nitrogens is 4. The van der Waals surface area contributed by atoms with E-state index < -0.39 is 0 Å². The number of hydrogen-bond donors (Lipinski definition) is 2. The Kier molecular flexibility index (Phi) is 3.00. The summed E-state index contributed by atoms with van der Waals surface area (Å²) in [6.07, 6.45) is 4.23. The zero-order valence-electron chi connectivity index (χ0n) is 12.1. The summed E-state index contributed by atoms with van der Waals surface area (Å²) in [4.78, 5) is 3.25. The predicted octanol–water partition coefficient (Wildman–Crippen LogP) is 2.56. The molecule has 0 bridgehead atoms. The Hall–Kier alpha value is -2.14. The highest BCUT2D eigenvalue weighted by Crippen LogP contribution is 2.21. The quantitative estimate of drug-likeness (QED) is 0.772. The third-order valence-corrected chi connectivity index (χ3v) is 4.31. The topological polar surface area (TPSA) is 58.5 Å². The highest BCUT2D eigenvalue weighted by molar-refractivity contribution is 5.82. The average molecular weight is 281 g/mol. The van der Waals surface area contributed by atoms with Crippen molar-refractivity contribution in [3.63, 3.8) is 0 Å². The number of H-pyrrole nitrogens is 1. The van der Waals surface area contributed by atoms with Gasteiger partial charge in [0, 0.05) is 36.6 Å². The van der Waals surface area contributed by atoms with Crippen LogP contribution in [0, 0.1) is 0 Å². The molecular weight excluding hydrogens is 262 g/mol. The van der Waals surface area contributed by atoms with Crippen molar-refractivity contribution in [2.45, 2.75) is 38.9 Å². The zero-order valence-corrected chi connectivity index (χ0v) is 12.1. The Balaban J connectivity index is 1.52. The first-order valence-corrected chi connectivity index (χ1v) is 7.53. The van der Waals surface area contributed by atoms with Crippen LogP contribution in [0.1, 0.15) is 36.6 Å². The third kappa shape index (κ3) is 2.14. The molecule has 0 amide bonds. The van der Waals surface area contributed by atoms with Gasteiger partial charge in [0.1, 0.15) is 11.6 Å². The van der Waals surface area contributed by atoms with Crippen LogP contribution in [0.25, 0.3) is 10.9 Å². The number of benzene rings is 1. The van der Waals surface area contributed by atoms with Crippen LogP contribution in [0.4, 0.5) is 0 Å². The van der Waals surface area contributed by atoms with Gasteiger partial charge in [-0.25, -0.2) is 0 Å². The van der Waals surface area contributed by atoms with E-state index in [1.807, 2.05) is 6.20 Å². The average Bonchev–Trinajstić information content (AvgIpc) is 3.19. The lowest BCUT2D eigenvalue weighted by Gasteiger charge is -2.14. The van der Waals surface area contributed by atoms with E-state index in [2.05, 4.69) is 56.3 Å². The highest BCUT2D eigenvalue weighted by atomic mass is 15.3. The number of nitrogens with zero attached hydrogens (tertiary/aromatic N) is 3. The molecule has 1 unspecified atom stereocenters. The van der Waals surface area contributed by atoms with Crippen molar-refractivity contribution in [3.8, 4) is 0 Å². The minimum absolute atomic E-state index is 0.207. The monoisotopic (exact) mass is 281 g/mol. The van der Waals surface area contributed by atoms with Gasteiger partial charge in [-0.1, -0.05) is 12.1 Å². The number of hydrogen-bond acceptors (Lipinski definition) is 3. The summed E-state index contributed by atoms with van der Waals surface area (Å²) < 4.78 is 2.26. The molecule has 0 saturated carbocycles. The second-order valence-corrected chi connectivity index (χ2v) is 5.69. The molecule has 2 N–H and O–H groups in total. The van der Waals surface area contributed by atoms with E-state index in [0.717, 1.165) is 31.2 Å². The molecule has 1 atom stereocenters. The van der Waals surface area contributed by atoms with Crippen LogP contribution in [0.5, 0.6) is 0 Å². The van der Waals surface area contributed by atoms with Gasteiger partial charge in [-0.15, -0.1) is 10.2 Å². The van der Waals surface area contributed by atoms with Crippen LogP contribution in [0.2, 0.25) is 0 Å². The van der Waals surface area contributed by atoms with E-state index in [1.165, 1.54) is 22.9 Å². The maximum Gasteiger partial charge on any atom is 0.149 e. The largest absolute Gasteiger partial charge is 0.361 e. The molecule has 21 heavy (non-hydrogen) atoms. The van der Waals surface area contributed by atoms with Crippen LogP contribution < -0.4 is 5.32 Å². The standard InChI is InChI=1S/C16H19N5/c1-11(16-20-19-15-6-3-9-21(15)16)18-10-12-4-2-5-14-13(12)7-8-17-14/h2,4-5,7-8,11,17-18H,3,6,9-10H2,1H3. The maximum atomic E-state index is 4.35. The smallest absolute Gasteiger partial charge is 0.149 e. The second-order valence-electron chi connectivity index (χ2n) is 5.69. The first kappa shape index (κ1) is 12.6. The van der Waals surface area contributed by atoms with Crippen LogP contribution in [0.3, 0.4) is 0 Å². The number of aromatic amines is 1. The van der Waals surface area contributed by atoms with E-state index in [9.17, 15) is 0 Å². The molecule has 1 aliphatic rings. The minimum Gasteiger partial charge on any atom is -0.361 e. The van der Waals surface area contributed by atoms with Crippen molar-refractivity contribution >= 4 is 10.9 Å². The van der Waals surface area contributed by atoms with Crippen molar-refractivity contribution in [2.24, 2.45) is 0 Å². The molecule has 0 fully saturated rings. The first-order valence-electron chi connectivity index (χ1n) is 7.53. The molecule has 1 aliphatic heterocycles. The molecule has 0 radical (unpaired) electrons. The number of nitrogens with one attached hydrogen (secondary N) is 2. The first-order chi connectivity index (χ1) is 10.3. The summed E-state index contributed by atoms with van der Waals surface area (Å²) in [6, 6.07) is 8.71. The Morgan fingerprint density at radius 3 is 3.24 bits per heavy atom. The van der Waals surface area contributed by atoms with Gasteiger partial charge >= 0.3 is 0 Å². The summed E-state index contributed by atoms with van der Waals surface area (Å²) in [6.45, 7) is 4.04. The Morgan fingerprint density at radius 2 is 2.29 bits per heavy atom. The summed E-state index contributed by atoms with van der Waals surface area (Å²) in [7, 11) is 0. The zero-order chi connectivity index (χ0) is 14.2. The van der Waals surface area contributed by atoms with E-state index in [4.69, 9.17) is 0 Å². The number of fused-ring (bicyclic) bond motifs is 2. The molecule has 0 saturated heterocycles. The summed E-state index contributed by atoms with van der Waals surface area (Å²) in [5.74, 6) is 2.19. The van der Waals surface area contributed by atoms with Crippen molar-refractivity contribution in [2.75, 3.05) is 0 Å². The summed E-state index contributed by atoms with van der Waals surface area (Å²) >= 11 is 0. The van der Waals surface area contributed by atoms with Crippen LogP contribution in [0.15, 0.2) is 30.5 Å². The summed E-state index contributed by atoms with van der Waals surface area (Å²) in [5.41, 5.74) is 2.49. The molecule has 108 valence electrons. The van der Waals surface area contributed by atoms with Crippen molar-refractivity contribution in [3.05, 3.63) is 47.7 Å². The van der Waals surface area contributed by atoms with E-state index >= 15 is 0 Å². The van der Waals surface area contributed by atoms with Gasteiger partial charge in [-0.2, -0.15) is 0 Å². The lowest BCUT2D eigenvalue weighted by Crippen LogP contribution is -2.21. The van der Waals surface area contributed by atoms with Gasteiger partial charge in [0.25, 0.3) is 0 Å². The number of rotatable bonds is 4. The third-order valence-electron chi connectivity index (χ3n) is 4.31. The molecule has 5 nitrogen and oxygen atoms in total. The van der Waals surface area contributed by atoms with Gasteiger partial charge < -0.3 is 14.9 Å². The molecule has 3 heterocycles. The predicted molar refractivity (Wildman–Crippen MR) is 81.9 cm³/mol. The Labute approximate surface area is 123 Å². The van der Waals surface area contributed by atoms with Crippen molar-refractivity contribution < 1.29 is 0 Å². The fourth-order valence-electron chi connectivity index (χ4n) is 3.15. The van der Waals surface area contributed by atoms with E-state index in [1.54, 1.807) is 0 Å². The lowest BCUT2D eigenvalue weighted by molar-refractivity contribution is 0.517. The van der Waals surface area contributed by atoms with Crippen LogP contribution in [-0.4, -0.2) is 19.7 Å². The van der Waals surface area contributed by atoms with E-state index in [-0.39, 0.29) is 6.04 Å². The molecule has 3 aromatic rings. The lowest BCUT2D eigenvalue weighted by atomic mass is 10.1. The van der Waals surface area contributed by atoms with Gasteiger partial charge in [-0.3, -0.25) is 0 Å². The molecular formula is C16H19N5. The maximum absolute atomic E-state index is 4.35. The van der Waals surface area contributed by atoms with Crippen LogP contribution >= 0.6 is 0 Å². The van der Waals surface area contributed by atoms with Crippen molar-refractivity contribution in [1.82, 2.24) is 25.1 Å². The molecule has 1 aromatic carbocycles. The van der Waals surface area contributed by atoms with E-state index in [0.29, 0.717) is 0 Å². The molecule has 2 aromatic heterocycles. The normalized spacial score (nSPS) is 15.5. The molecule has 0 aliphatic carbocycles. The van der Waals surface area contributed by atoms with Crippen molar-refractivity contribution in [1.29, 1.82) is 0 Å². The SMILES string of the molecule is CC(NCc1cccc2[nH]ccc12)c1nnc2n1CCC2. The minimum atomic E-state index is 0.207. The Bertz CT molecular complexity index is 770. The second kappa shape index (κ2) is 5.00. The van der Waals surface area contributed by atoms with Gasteiger partial charge in [0.15, 0.2) is 0 Å².